The molecule has 0 atom stereocenters. The molecule has 134 valence electrons. The van der Waals surface area contributed by atoms with Gasteiger partial charge in [0.2, 0.25) is 5.91 Å². The Morgan fingerprint density at radius 1 is 1.25 bits per heavy atom. The molecule has 0 heterocycles. The molecule has 24 heavy (non-hydrogen) atoms. The first-order chi connectivity index (χ1) is 11.5. The van der Waals surface area contributed by atoms with E-state index in [1.54, 1.807) is 19.0 Å². The quantitative estimate of drug-likeness (QED) is 0.581. The first-order valence-corrected chi connectivity index (χ1v) is 8.33. The number of nitrogens with one attached hydrogen (secondary N) is 1. The molecule has 0 radical (unpaired) electrons. The molecule has 1 amide bonds. The van der Waals surface area contributed by atoms with Crippen LogP contribution in [0.25, 0.3) is 0 Å². The van der Waals surface area contributed by atoms with Crippen molar-refractivity contribution in [1.29, 1.82) is 0 Å². The zero-order valence-electron chi connectivity index (χ0n) is 15.5. The highest BCUT2D eigenvalue weighted by molar-refractivity contribution is 5.84. The molecule has 1 rings (SSSR count). The molecule has 0 unspecified atom stereocenters. The minimum absolute atomic E-state index is 0.0182. The Morgan fingerprint density at radius 2 is 1.96 bits per heavy atom. The van der Waals surface area contributed by atoms with Crippen molar-refractivity contribution in [2.24, 2.45) is 4.99 Å². The van der Waals surface area contributed by atoms with E-state index >= 15 is 0 Å². The Bertz CT molecular complexity index is 544. The summed E-state index contributed by atoms with van der Waals surface area (Å²) >= 11 is 0. The fourth-order valence-electron chi connectivity index (χ4n) is 1.95. The summed E-state index contributed by atoms with van der Waals surface area (Å²) in [4.78, 5) is 19.7. The largest absolute Gasteiger partial charge is 0.491 e. The summed E-state index contributed by atoms with van der Waals surface area (Å²) < 4.78 is 5.83. The maximum absolute atomic E-state index is 11.7. The average Bonchev–Trinajstić information content (AvgIpc) is 2.56. The van der Waals surface area contributed by atoms with Gasteiger partial charge in [-0.25, -0.2) is 4.99 Å². The second-order valence-electron chi connectivity index (χ2n) is 5.89. The number of amides is 1. The fourth-order valence-corrected chi connectivity index (χ4v) is 1.95. The number of hydrogen-bond donors (Lipinski definition) is 1. The summed E-state index contributed by atoms with van der Waals surface area (Å²) in [5.41, 5.74) is 1.12. The van der Waals surface area contributed by atoms with Gasteiger partial charge in [0.05, 0.1) is 6.54 Å². The SMILES string of the molecule is CCCNC(=NCC(=O)N(C)C)N(C)CCOc1ccccc1C. The van der Waals surface area contributed by atoms with Gasteiger partial charge in [0.25, 0.3) is 0 Å². The lowest BCUT2D eigenvalue weighted by Crippen LogP contribution is -2.42. The van der Waals surface area contributed by atoms with E-state index in [9.17, 15) is 4.79 Å². The Kier molecular flexibility index (Phi) is 8.68. The van der Waals surface area contributed by atoms with Crippen LogP contribution in [0.2, 0.25) is 0 Å². The minimum Gasteiger partial charge on any atom is -0.491 e. The van der Waals surface area contributed by atoms with E-state index in [1.807, 2.05) is 43.1 Å². The first kappa shape index (κ1) is 19.8. The molecular weight excluding hydrogens is 304 g/mol. The van der Waals surface area contributed by atoms with Crippen molar-refractivity contribution in [2.45, 2.75) is 20.3 Å². The summed E-state index contributed by atoms with van der Waals surface area (Å²) in [5.74, 6) is 1.60. The molecule has 6 nitrogen and oxygen atoms in total. The standard InChI is InChI=1S/C18H30N4O2/c1-6-11-19-18(20-14-17(23)21(3)4)22(5)12-13-24-16-10-8-7-9-15(16)2/h7-10H,6,11-14H2,1-5H3,(H,19,20). The van der Waals surface area contributed by atoms with Gasteiger partial charge in [0.15, 0.2) is 5.96 Å². The van der Waals surface area contributed by atoms with Crippen molar-refractivity contribution in [3.05, 3.63) is 29.8 Å². The molecule has 0 aliphatic heterocycles. The van der Waals surface area contributed by atoms with Crippen LogP contribution in [-0.4, -0.2) is 69.1 Å². The highest BCUT2D eigenvalue weighted by Gasteiger charge is 2.09. The van der Waals surface area contributed by atoms with Gasteiger partial charge in [-0.1, -0.05) is 25.1 Å². The molecule has 1 aromatic carbocycles. The van der Waals surface area contributed by atoms with Crippen LogP contribution in [0, 0.1) is 6.92 Å². The number of aryl methyl sites for hydroxylation is 1. The topological polar surface area (TPSA) is 57.2 Å². The number of nitrogens with zero attached hydrogens (tertiary/aromatic N) is 3. The number of likely N-dealkylation sites (N-methyl/N-ethyl adjacent to an activating group) is 2. The lowest BCUT2D eigenvalue weighted by atomic mass is 10.2. The summed E-state index contributed by atoms with van der Waals surface area (Å²) in [7, 11) is 5.41. The lowest BCUT2D eigenvalue weighted by Gasteiger charge is -2.23. The molecule has 1 N–H and O–H groups in total. The van der Waals surface area contributed by atoms with Crippen LogP contribution in [0.4, 0.5) is 0 Å². The van der Waals surface area contributed by atoms with Gasteiger partial charge >= 0.3 is 0 Å². The van der Waals surface area contributed by atoms with Crippen LogP contribution in [0.1, 0.15) is 18.9 Å². The van der Waals surface area contributed by atoms with Crippen molar-refractivity contribution in [3.63, 3.8) is 0 Å². The molecule has 1 aromatic rings. The summed E-state index contributed by atoms with van der Waals surface area (Å²) in [6.07, 6.45) is 0.994. The van der Waals surface area contributed by atoms with E-state index in [4.69, 9.17) is 4.74 Å². The van der Waals surface area contributed by atoms with E-state index in [0.29, 0.717) is 13.2 Å². The Hall–Kier alpha value is -2.24. The molecule has 0 aromatic heterocycles. The fraction of sp³-hybridized carbons (Fsp3) is 0.556. The third-order valence-electron chi connectivity index (χ3n) is 3.54. The van der Waals surface area contributed by atoms with Crippen LogP contribution in [0.5, 0.6) is 5.75 Å². The van der Waals surface area contributed by atoms with E-state index in [-0.39, 0.29) is 12.5 Å². The highest BCUT2D eigenvalue weighted by atomic mass is 16.5. The van der Waals surface area contributed by atoms with Crippen LogP contribution in [0.3, 0.4) is 0 Å². The maximum Gasteiger partial charge on any atom is 0.243 e. The summed E-state index contributed by atoms with van der Waals surface area (Å²) in [6.45, 7) is 6.31. The van der Waals surface area contributed by atoms with Crippen LogP contribution >= 0.6 is 0 Å². The number of rotatable bonds is 8. The van der Waals surface area contributed by atoms with Crippen molar-refractivity contribution in [3.8, 4) is 5.75 Å². The number of benzene rings is 1. The van der Waals surface area contributed by atoms with Crippen LogP contribution < -0.4 is 10.1 Å². The van der Waals surface area contributed by atoms with Crippen molar-refractivity contribution in [2.75, 3.05) is 47.4 Å². The van der Waals surface area contributed by atoms with E-state index in [2.05, 4.69) is 17.2 Å². The molecule has 0 saturated heterocycles. The normalized spacial score (nSPS) is 11.1. The Morgan fingerprint density at radius 3 is 2.58 bits per heavy atom. The van der Waals surface area contributed by atoms with Gasteiger partial charge < -0.3 is 19.9 Å². The summed E-state index contributed by atoms with van der Waals surface area (Å²) in [5, 5.41) is 3.27. The number of carbonyl (C=O) groups is 1. The third kappa shape index (κ3) is 6.89. The smallest absolute Gasteiger partial charge is 0.243 e. The number of para-hydroxylation sites is 1. The Balaban J connectivity index is 2.57. The monoisotopic (exact) mass is 334 g/mol. The van der Waals surface area contributed by atoms with Crippen molar-refractivity contribution in [1.82, 2.24) is 15.1 Å². The van der Waals surface area contributed by atoms with Crippen LogP contribution in [-0.2, 0) is 4.79 Å². The van der Waals surface area contributed by atoms with E-state index in [0.717, 1.165) is 30.2 Å². The Labute approximate surface area is 145 Å². The number of aliphatic imine (C=N–C) groups is 1. The summed E-state index contributed by atoms with van der Waals surface area (Å²) in [6, 6.07) is 7.96. The van der Waals surface area contributed by atoms with Gasteiger partial charge in [-0.05, 0) is 25.0 Å². The number of ether oxygens (including phenoxy) is 1. The molecule has 0 saturated carbocycles. The third-order valence-corrected chi connectivity index (χ3v) is 3.54. The maximum atomic E-state index is 11.7. The number of carbonyl (C=O) groups excluding carboxylic acids is 1. The number of guanidine groups is 1. The lowest BCUT2D eigenvalue weighted by molar-refractivity contribution is -0.127. The molecule has 0 spiro atoms. The molecule has 6 heteroatoms. The van der Waals surface area contributed by atoms with Gasteiger partial charge in [0, 0.05) is 27.7 Å². The molecular formula is C18H30N4O2. The zero-order chi connectivity index (χ0) is 17.9. The van der Waals surface area contributed by atoms with E-state index < -0.39 is 0 Å². The minimum atomic E-state index is -0.0182. The molecule has 0 fully saturated rings. The zero-order valence-corrected chi connectivity index (χ0v) is 15.5. The van der Waals surface area contributed by atoms with Gasteiger partial charge in [-0.3, -0.25) is 4.79 Å². The van der Waals surface area contributed by atoms with Gasteiger partial charge in [-0.15, -0.1) is 0 Å². The predicted molar refractivity (Wildman–Crippen MR) is 98.6 cm³/mol. The van der Waals surface area contributed by atoms with Gasteiger partial charge in [-0.2, -0.15) is 0 Å². The first-order valence-electron chi connectivity index (χ1n) is 8.33. The van der Waals surface area contributed by atoms with E-state index in [1.165, 1.54) is 0 Å². The van der Waals surface area contributed by atoms with Crippen molar-refractivity contribution < 1.29 is 9.53 Å². The van der Waals surface area contributed by atoms with Gasteiger partial charge in [0.1, 0.15) is 18.9 Å². The highest BCUT2D eigenvalue weighted by Crippen LogP contribution is 2.15. The molecule has 0 aliphatic carbocycles. The molecule has 0 bridgehead atoms. The average molecular weight is 334 g/mol. The second kappa shape index (κ2) is 10.5. The number of hydrogen-bond acceptors (Lipinski definition) is 3. The van der Waals surface area contributed by atoms with Crippen LogP contribution in [0.15, 0.2) is 29.3 Å². The second-order valence-corrected chi connectivity index (χ2v) is 5.89. The predicted octanol–water partition coefficient (Wildman–Crippen LogP) is 1.75. The molecule has 0 aliphatic rings. The van der Waals surface area contributed by atoms with Crippen molar-refractivity contribution >= 4 is 11.9 Å².